The molecule has 1 aromatic carbocycles. The molecule has 0 aliphatic rings. The van der Waals surface area contributed by atoms with Crippen molar-refractivity contribution in [3.8, 4) is 0 Å². The lowest BCUT2D eigenvalue weighted by molar-refractivity contribution is -0.366. The fraction of sp³-hybridized carbons (Fsp3) is 0.333. The van der Waals surface area contributed by atoms with E-state index in [4.69, 9.17) is 0 Å². The van der Waals surface area contributed by atoms with Crippen LogP contribution in [-0.2, 0) is 6.42 Å². The lowest BCUT2D eigenvalue weighted by atomic mass is 10.1. The number of hydrogen-bond acceptors (Lipinski definition) is 1. The molecule has 0 N–H and O–H groups in total. The third-order valence-electron chi connectivity index (χ3n) is 1.47. The third-order valence-corrected chi connectivity index (χ3v) is 1.47. The number of hydrogen-bond donors (Lipinski definition) is 0. The molecule has 0 amide bonds. The molecule has 0 bridgehead atoms. The molecular formula is C9H11O-. The molecule has 0 aromatic heterocycles. The molecule has 0 radical (unpaired) electrons. The molecule has 0 aliphatic heterocycles. The summed E-state index contributed by atoms with van der Waals surface area (Å²) in [5.41, 5.74) is 2.38. The van der Waals surface area contributed by atoms with Gasteiger partial charge in [0.1, 0.15) is 0 Å². The van der Waals surface area contributed by atoms with Gasteiger partial charge < -0.3 is 5.11 Å². The molecule has 0 saturated heterocycles. The van der Waals surface area contributed by atoms with Gasteiger partial charge in [-0.2, -0.15) is 0 Å². The SMILES string of the molecule is Cc1cccc(CC[O-])c1. The van der Waals surface area contributed by atoms with Crippen LogP contribution in [0, 0.1) is 6.92 Å². The van der Waals surface area contributed by atoms with Crippen LogP contribution >= 0.6 is 0 Å². The van der Waals surface area contributed by atoms with Crippen LogP contribution in [0.3, 0.4) is 0 Å². The smallest absolute Gasteiger partial charge is 0.0398 e. The summed E-state index contributed by atoms with van der Waals surface area (Å²) in [7, 11) is 0. The monoisotopic (exact) mass is 135 g/mol. The minimum atomic E-state index is -0.0105. The van der Waals surface area contributed by atoms with Crippen molar-refractivity contribution in [3.05, 3.63) is 35.4 Å². The highest BCUT2D eigenvalue weighted by atomic mass is 16.2. The van der Waals surface area contributed by atoms with E-state index >= 15 is 0 Å². The molecule has 1 aromatic rings. The van der Waals surface area contributed by atoms with Gasteiger partial charge in [-0.3, -0.25) is 0 Å². The molecule has 54 valence electrons. The molecule has 1 rings (SSSR count). The predicted molar refractivity (Wildman–Crippen MR) is 39.8 cm³/mol. The Kier molecular flexibility index (Phi) is 2.46. The fourth-order valence-electron chi connectivity index (χ4n) is 0.986. The quantitative estimate of drug-likeness (QED) is 0.590. The first-order chi connectivity index (χ1) is 4.83. The van der Waals surface area contributed by atoms with Crippen molar-refractivity contribution in [1.82, 2.24) is 0 Å². The van der Waals surface area contributed by atoms with Gasteiger partial charge in [-0.25, -0.2) is 0 Å². The van der Waals surface area contributed by atoms with Crippen molar-refractivity contribution in [2.24, 2.45) is 0 Å². The van der Waals surface area contributed by atoms with E-state index in [1.54, 1.807) is 0 Å². The van der Waals surface area contributed by atoms with Gasteiger partial charge in [0.05, 0.1) is 0 Å². The summed E-state index contributed by atoms with van der Waals surface area (Å²) in [6, 6.07) is 8.07. The minimum absolute atomic E-state index is 0.0105. The average Bonchev–Trinajstić information content (AvgIpc) is 1.88. The summed E-state index contributed by atoms with van der Waals surface area (Å²) < 4.78 is 0. The van der Waals surface area contributed by atoms with Crippen LogP contribution < -0.4 is 5.11 Å². The van der Waals surface area contributed by atoms with Gasteiger partial charge in [0.2, 0.25) is 0 Å². The van der Waals surface area contributed by atoms with Gasteiger partial charge in [0, 0.05) is 0 Å². The van der Waals surface area contributed by atoms with E-state index in [0.717, 1.165) is 5.56 Å². The van der Waals surface area contributed by atoms with Crippen LogP contribution in [-0.4, -0.2) is 6.61 Å². The highest BCUT2D eigenvalue weighted by Crippen LogP contribution is 2.03. The zero-order chi connectivity index (χ0) is 7.40. The topological polar surface area (TPSA) is 23.1 Å². The van der Waals surface area contributed by atoms with Crippen molar-refractivity contribution in [2.45, 2.75) is 13.3 Å². The fourth-order valence-corrected chi connectivity index (χ4v) is 0.986. The summed E-state index contributed by atoms with van der Waals surface area (Å²) in [5, 5.41) is 10.2. The highest BCUT2D eigenvalue weighted by molar-refractivity contribution is 5.22. The van der Waals surface area contributed by atoms with Gasteiger partial charge in [-0.05, 0) is 18.9 Å². The number of rotatable bonds is 2. The molecule has 0 unspecified atom stereocenters. The van der Waals surface area contributed by atoms with E-state index in [1.807, 2.05) is 25.1 Å². The maximum absolute atomic E-state index is 10.2. The normalized spacial score (nSPS) is 9.80. The van der Waals surface area contributed by atoms with E-state index in [9.17, 15) is 5.11 Å². The summed E-state index contributed by atoms with van der Waals surface area (Å²) >= 11 is 0. The van der Waals surface area contributed by atoms with E-state index in [0.29, 0.717) is 6.42 Å². The van der Waals surface area contributed by atoms with Crippen molar-refractivity contribution in [3.63, 3.8) is 0 Å². The second-order valence-electron chi connectivity index (χ2n) is 2.44. The largest absolute Gasteiger partial charge is 0.854 e. The molecule has 0 fully saturated rings. The van der Waals surface area contributed by atoms with Crippen LogP contribution in [0.15, 0.2) is 24.3 Å². The second kappa shape index (κ2) is 3.37. The van der Waals surface area contributed by atoms with Gasteiger partial charge in [-0.1, -0.05) is 29.8 Å². The Morgan fingerprint density at radius 3 is 2.80 bits per heavy atom. The minimum Gasteiger partial charge on any atom is -0.854 e. The van der Waals surface area contributed by atoms with Crippen LogP contribution in [0.25, 0.3) is 0 Å². The maximum atomic E-state index is 10.2. The summed E-state index contributed by atoms with van der Waals surface area (Å²) in [5.74, 6) is 0. The van der Waals surface area contributed by atoms with Gasteiger partial charge in [0.25, 0.3) is 0 Å². The standard InChI is InChI=1S/C9H11O/c1-8-3-2-4-9(7-8)5-6-10/h2-4,7H,5-6H2,1H3/q-1. The Hall–Kier alpha value is -0.820. The Balaban J connectivity index is 2.75. The van der Waals surface area contributed by atoms with Crippen LogP contribution in [0.5, 0.6) is 0 Å². The van der Waals surface area contributed by atoms with E-state index in [-0.39, 0.29) is 6.61 Å². The van der Waals surface area contributed by atoms with Crippen molar-refractivity contribution in [1.29, 1.82) is 0 Å². The molecule has 1 heteroatoms. The van der Waals surface area contributed by atoms with Crippen molar-refractivity contribution >= 4 is 0 Å². The summed E-state index contributed by atoms with van der Waals surface area (Å²) in [6.45, 7) is 2.03. The van der Waals surface area contributed by atoms with Crippen LogP contribution in [0.4, 0.5) is 0 Å². The second-order valence-corrected chi connectivity index (χ2v) is 2.44. The summed E-state index contributed by atoms with van der Waals surface area (Å²) in [4.78, 5) is 0. The number of benzene rings is 1. The average molecular weight is 135 g/mol. The predicted octanol–water partition coefficient (Wildman–Crippen LogP) is 0.898. The van der Waals surface area contributed by atoms with Crippen molar-refractivity contribution < 1.29 is 5.11 Å². The van der Waals surface area contributed by atoms with Crippen LogP contribution in [0.2, 0.25) is 0 Å². The molecular weight excluding hydrogens is 124 g/mol. The molecule has 0 heterocycles. The Labute approximate surface area is 61.3 Å². The third kappa shape index (κ3) is 1.85. The molecule has 1 nitrogen and oxygen atoms in total. The van der Waals surface area contributed by atoms with Gasteiger partial charge in [-0.15, -0.1) is 6.61 Å². The molecule has 0 aliphatic carbocycles. The Bertz CT molecular complexity index is 206. The van der Waals surface area contributed by atoms with Gasteiger partial charge >= 0.3 is 0 Å². The molecule has 0 atom stereocenters. The lowest BCUT2D eigenvalue weighted by Crippen LogP contribution is -2.08. The highest BCUT2D eigenvalue weighted by Gasteiger charge is 1.87. The first-order valence-corrected chi connectivity index (χ1v) is 3.46. The molecule has 10 heavy (non-hydrogen) atoms. The lowest BCUT2D eigenvalue weighted by Gasteiger charge is -2.03. The zero-order valence-electron chi connectivity index (χ0n) is 6.13. The number of aryl methyl sites for hydroxylation is 1. The zero-order valence-corrected chi connectivity index (χ0v) is 6.13. The first kappa shape index (κ1) is 7.29. The van der Waals surface area contributed by atoms with Crippen molar-refractivity contribution in [2.75, 3.05) is 6.61 Å². The van der Waals surface area contributed by atoms with Crippen LogP contribution in [0.1, 0.15) is 11.1 Å². The molecule has 0 spiro atoms. The van der Waals surface area contributed by atoms with E-state index in [2.05, 4.69) is 6.07 Å². The Morgan fingerprint density at radius 2 is 2.20 bits per heavy atom. The van der Waals surface area contributed by atoms with E-state index < -0.39 is 0 Å². The maximum Gasteiger partial charge on any atom is -0.0398 e. The van der Waals surface area contributed by atoms with Gasteiger partial charge in [0.15, 0.2) is 0 Å². The summed E-state index contributed by atoms with van der Waals surface area (Å²) in [6.07, 6.45) is 0.654. The van der Waals surface area contributed by atoms with E-state index in [1.165, 1.54) is 5.56 Å². The molecule has 0 saturated carbocycles. The first-order valence-electron chi connectivity index (χ1n) is 3.46. The Morgan fingerprint density at radius 1 is 1.40 bits per heavy atom.